The molecule has 0 atom stereocenters. The first-order valence-corrected chi connectivity index (χ1v) is 6.59. The second-order valence-electron chi connectivity index (χ2n) is 3.90. The Morgan fingerprint density at radius 1 is 1.10 bits per heavy atom. The molecule has 2 N–H and O–H groups in total. The summed E-state index contributed by atoms with van der Waals surface area (Å²) >= 11 is 12.0. The van der Waals surface area contributed by atoms with Gasteiger partial charge in [-0.3, -0.25) is 0 Å². The lowest BCUT2D eigenvalue weighted by molar-refractivity contribution is 0.579. The minimum Gasteiger partial charge on any atom is -0.368 e. The Balaban J connectivity index is 2.40. The second kappa shape index (κ2) is 6.24. The Kier molecular flexibility index (Phi) is 4.62. The molecule has 0 aliphatic carbocycles. The van der Waals surface area contributed by atoms with Crippen LogP contribution in [0.2, 0.25) is 10.0 Å². The van der Waals surface area contributed by atoms with Gasteiger partial charge in [-0.15, -0.1) is 0 Å². The van der Waals surface area contributed by atoms with E-state index in [0.717, 1.165) is 6.07 Å². The van der Waals surface area contributed by atoms with E-state index in [4.69, 9.17) is 23.2 Å². The molecule has 0 aliphatic rings. The van der Waals surface area contributed by atoms with E-state index < -0.39 is 11.6 Å². The average Bonchev–Trinajstić information content (AvgIpc) is 2.39. The maximum absolute atomic E-state index is 13.7. The average molecular weight is 318 g/mol. The molecular weight excluding hydrogens is 307 g/mol. The highest BCUT2D eigenvalue weighted by atomic mass is 35.5. The van der Waals surface area contributed by atoms with Gasteiger partial charge in [0.05, 0.1) is 15.7 Å². The van der Waals surface area contributed by atoms with Gasteiger partial charge in [0.1, 0.15) is 0 Å². The summed E-state index contributed by atoms with van der Waals surface area (Å²) in [6.45, 7) is 2.24. The monoisotopic (exact) mass is 317 g/mol. The first kappa shape index (κ1) is 14.8. The number of benzene rings is 1. The van der Waals surface area contributed by atoms with Crippen LogP contribution in [0.15, 0.2) is 24.3 Å². The highest BCUT2D eigenvalue weighted by Gasteiger charge is 2.14. The summed E-state index contributed by atoms with van der Waals surface area (Å²) in [5.74, 6) is -1.79. The van der Waals surface area contributed by atoms with Crippen molar-refractivity contribution >= 4 is 40.5 Å². The zero-order valence-corrected chi connectivity index (χ0v) is 12.0. The molecule has 2 rings (SSSR count). The van der Waals surface area contributed by atoms with E-state index in [9.17, 15) is 8.78 Å². The molecule has 0 saturated heterocycles. The third-order valence-electron chi connectivity index (χ3n) is 2.48. The quantitative estimate of drug-likeness (QED) is 0.847. The predicted molar refractivity (Wildman–Crippen MR) is 78.1 cm³/mol. The van der Waals surface area contributed by atoms with Crippen molar-refractivity contribution in [2.45, 2.75) is 6.92 Å². The second-order valence-corrected chi connectivity index (χ2v) is 4.72. The Labute approximate surface area is 124 Å². The lowest BCUT2D eigenvalue weighted by Gasteiger charge is -2.12. The van der Waals surface area contributed by atoms with Crippen LogP contribution in [0.4, 0.5) is 26.1 Å². The Morgan fingerprint density at radius 2 is 1.70 bits per heavy atom. The van der Waals surface area contributed by atoms with E-state index in [2.05, 4.69) is 15.6 Å². The Hall–Kier alpha value is -1.59. The molecule has 0 bridgehead atoms. The van der Waals surface area contributed by atoms with Crippen molar-refractivity contribution in [2.24, 2.45) is 0 Å². The van der Waals surface area contributed by atoms with Gasteiger partial charge in [-0.05, 0) is 19.1 Å². The van der Waals surface area contributed by atoms with Crippen LogP contribution in [0.3, 0.4) is 0 Å². The number of pyridine rings is 1. The summed E-state index contributed by atoms with van der Waals surface area (Å²) in [6, 6.07) is 5.61. The van der Waals surface area contributed by atoms with E-state index in [1.807, 2.05) is 0 Å². The number of nitrogens with one attached hydrogen (secondary N) is 2. The first-order valence-electron chi connectivity index (χ1n) is 5.84. The molecule has 0 unspecified atom stereocenters. The SMILES string of the molecule is CCNc1nc(Nc2c(Cl)cccc2Cl)c(F)cc1F. The molecule has 0 saturated carbocycles. The molecule has 1 aromatic heterocycles. The minimum absolute atomic E-state index is 0.0421. The fraction of sp³-hybridized carbons (Fsp3) is 0.154. The van der Waals surface area contributed by atoms with Crippen molar-refractivity contribution in [1.29, 1.82) is 0 Å². The topological polar surface area (TPSA) is 37.0 Å². The molecule has 0 aliphatic heterocycles. The van der Waals surface area contributed by atoms with Crippen LogP contribution in [0, 0.1) is 11.6 Å². The van der Waals surface area contributed by atoms with Gasteiger partial charge in [0.2, 0.25) is 0 Å². The normalized spacial score (nSPS) is 10.4. The van der Waals surface area contributed by atoms with E-state index in [-0.39, 0.29) is 11.6 Å². The van der Waals surface area contributed by atoms with Crippen molar-refractivity contribution in [3.8, 4) is 0 Å². The summed E-state index contributed by atoms with van der Waals surface area (Å²) in [5, 5.41) is 6.00. The van der Waals surface area contributed by atoms with Crippen LogP contribution in [0.1, 0.15) is 6.92 Å². The predicted octanol–water partition coefficient (Wildman–Crippen LogP) is 4.84. The van der Waals surface area contributed by atoms with Crippen molar-refractivity contribution in [1.82, 2.24) is 4.98 Å². The molecule has 0 radical (unpaired) electrons. The fourth-order valence-corrected chi connectivity index (χ4v) is 2.07. The van der Waals surface area contributed by atoms with Gasteiger partial charge in [-0.1, -0.05) is 29.3 Å². The third kappa shape index (κ3) is 3.11. The number of para-hydroxylation sites is 1. The van der Waals surface area contributed by atoms with Crippen LogP contribution in [0.5, 0.6) is 0 Å². The molecule has 1 heterocycles. The molecule has 0 fully saturated rings. The van der Waals surface area contributed by atoms with Crippen molar-refractivity contribution in [2.75, 3.05) is 17.2 Å². The number of hydrogen-bond acceptors (Lipinski definition) is 3. The van der Waals surface area contributed by atoms with Gasteiger partial charge in [0.15, 0.2) is 23.3 Å². The summed E-state index contributed by atoms with van der Waals surface area (Å²) < 4.78 is 27.2. The van der Waals surface area contributed by atoms with Crippen LogP contribution in [0.25, 0.3) is 0 Å². The summed E-state index contributed by atoms with van der Waals surface area (Å²) in [4.78, 5) is 3.85. The summed E-state index contributed by atoms with van der Waals surface area (Å²) in [5.41, 5.74) is 0.316. The maximum atomic E-state index is 13.7. The zero-order valence-electron chi connectivity index (χ0n) is 10.5. The van der Waals surface area contributed by atoms with Gasteiger partial charge in [-0.2, -0.15) is 0 Å². The van der Waals surface area contributed by atoms with Crippen molar-refractivity contribution in [3.05, 3.63) is 45.9 Å². The molecule has 7 heteroatoms. The smallest absolute Gasteiger partial charge is 0.169 e. The van der Waals surface area contributed by atoms with Crippen LogP contribution >= 0.6 is 23.2 Å². The Bertz CT molecular complexity index is 615. The van der Waals surface area contributed by atoms with E-state index in [0.29, 0.717) is 22.3 Å². The molecule has 2 aromatic rings. The first-order chi connectivity index (χ1) is 9.52. The maximum Gasteiger partial charge on any atom is 0.169 e. The standard InChI is InChI=1S/C13H11Cl2F2N3/c1-2-18-12-9(16)6-10(17)13(20-12)19-11-7(14)4-3-5-8(11)15/h3-6H,2H2,1H3,(H2,18,19,20). The largest absolute Gasteiger partial charge is 0.368 e. The van der Waals surface area contributed by atoms with E-state index in [1.165, 1.54) is 0 Å². The van der Waals surface area contributed by atoms with Gasteiger partial charge in [-0.25, -0.2) is 13.8 Å². The lowest BCUT2D eigenvalue weighted by atomic mass is 10.3. The van der Waals surface area contributed by atoms with Gasteiger partial charge in [0, 0.05) is 12.6 Å². The number of aromatic nitrogens is 1. The van der Waals surface area contributed by atoms with Crippen molar-refractivity contribution < 1.29 is 8.78 Å². The molecule has 1 aromatic carbocycles. The van der Waals surface area contributed by atoms with Crippen LogP contribution in [-0.2, 0) is 0 Å². The number of anilines is 3. The van der Waals surface area contributed by atoms with Gasteiger partial charge < -0.3 is 10.6 Å². The molecule has 20 heavy (non-hydrogen) atoms. The highest BCUT2D eigenvalue weighted by molar-refractivity contribution is 6.39. The fourth-order valence-electron chi connectivity index (χ4n) is 1.58. The van der Waals surface area contributed by atoms with Crippen LogP contribution < -0.4 is 10.6 Å². The number of hydrogen-bond donors (Lipinski definition) is 2. The third-order valence-corrected chi connectivity index (χ3v) is 3.11. The molecule has 0 amide bonds. The lowest BCUT2D eigenvalue weighted by Crippen LogP contribution is -2.06. The highest BCUT2D eigenvalue weighted by Crippen LogP contribution is 2.33. The minimum atomic E-state index is -0.833. The summed E-state index contributed by atoms with van der Waals surface area (Å²) in [6.07, 6.45) is 0. The van der Waals surface area contributed by atoms with E-state index >= 15 is 0 Å². The van der Waals surface area contributed by atoms with Crippen LogP contribution in [-0.4, -0.2) is 11.5 Å². The Morgan fingerprint density at radius 3 is 2.30 bits per heavy atom. The number of nitrogens with zero attached hydrogens (tertiary/aromatic N) is 1. The van der Waals surface area contributed by atoms with Gasteiger partial charge in [0.25, 0.3) is 0 Å². The van der Waals surface area contributed by atoms with E-state index in [1.54, 1.807) is 25.1 Å². The summed E-state index contributed by atoms with van der Waals surface area (Å²) in [7, 11) is 0. The number of halogens is 4. The van der Waals surface area contributed by atoms with Crippen molar-refractivity contribution in [3.63, 3.8) is 0 Å². The molecular formula is C13H11Cl2F2N3. The van der Waals surface area contributed by atoms with Gasteiger partial charge >= 0.3 is 0 Å². The zero-order chi connectivity index (χ0) is 14.7. The molecule has 0 spiro atoms. The number of rotatable bonds is 4. The molecule has 106 valence electrons. The molecule has 3 nitrogen and oxygen atoms in total.